The summed E-state index contributed by atoms with van der Waals surface area (Å²) in [7, 11) is 6.31. The number of nitrogens with zero attached hydrogens (tertiary/aromatic N) is 1. The molecule has 0 aromatic heterocycles. The van der Waals surface area contributed by atoms with Gasteiger partial charge in [0.05, 0.1) is 0 Å². The van der Waals surface area contributed by atoms with E-state index < -0.39 is 32.0 Å². The largest absolute Gasteiger partial charge is 0.500 e. The molecule has 0 aliphatic heterocycles. The Kier molecular flexibility index (Phi) is 18.1. The molecule has 0 rings (SSSR count). The zero-order valence-electron chi connectivity index (χ0n) is 25.1. The molecule has 0 saturated heterocycles. The van der Waals surface area contributed by atoms with Crippen molar-refractivity contribution in [3.63, 3.8) is 0 Å². The first-order valence-corrected chi connectivity index (χ1v) is 18.6. The highest BCUT2D eigenvalue weighted by molar-refractivity contribution is 6.61. The summed E-state index contributed by atoms with van der Waals surface area (Å²) in [5.41, 5.74) is -0.416. The molecule has 14 heteroatoms. The van der Waals surface area contributed by atoms with E-state index in [9.17, 15) is 4.79 Å². The Balaban J connectivity index is 6.12. The van der Waals surface area contributed by atoms with Crippen LogP contribution in [-0.4, -0.2) is 113 Å². The van der Waals surface area contributed by atoms with Gasteiger partial charge in [-0.2, -0.15) is 0 Å². The first-order chi connectivity index (χ1) is 17.6. The minimum Gasteiger partial charge on any atom is -0.377 e. The molecule has 0 heterocycles. The smallest absolute Gasteiger partial charge is 0.377 e. The van der Waals surface area contributed by atoms with E-state index in [0.717, 1.165) is 38.5 Å². The molecule has 222 valence electrons. The highest BCUT2D eigenvalue weighted by atomic mass is 28.4. The van der Waals surface area contributed by atoms with Crippen molar-refractivity contribution in [1.29, 1.82) is 0 Å². The van der Waals surface area contributed by atoms with Gasteiger partial charge >= 0.3 is 26.4 Å². The topological polar surface area (TPSA) is 103 Å². The lowest BCUT2D eigenvalue weighted by molar-refractivity contribution is -0.136. The zero-order chi connectivity index (χ0) is 28.6. The van der Waals surface area contributed by atoms with Crippen LogP contribution < -0.4 is 0 Å². The Bertz CT molecular complexity index is 530. The molecule has 0 radical (unpaired) electrons. The van der Waals surface area contributed by atoms with Gasteiger partial charge in [0, 0.05) is 101 Å². The van der Waals surface area contributed by atoms with Crippen LogP contribution in [0.4, 0.5) is 0 Å². The molecule has 0 unspecified atom stereocenters. The van der Waals surface area contributed by atoms with E-state index in [1.165, 1.54) is 0 Å². The molecule has 11 nitrogen and oxygen atoms in total. The fourth-order valence-corrected chi connectivity index (χ4v) is 10.4. The quantitative estimate of drug-likeness (QED) is 0.165. The average Bonchev–Trinajstić information content (AvgIpc) is 2.92. The van der Waals surface area contributed by atoms with Crippen LogP contribution in [0.1, 0.15) is 52.4 Å². The van der Waals surface area contributed by atoms with Crippen molar-refractivity contribution in [3.05, 3.63) is 0 Å². The molecule has 0 aliphatic rings. The van der Waals surface area contributed by atoms with E-state index in [0.29, 0.717) is 24.7 Å². The molecule has 0 N–H and O–H groups in total. The summed E-state index contributed by atoms with van der Waals surface area (Å²) in [5.74, 6) is 0.0405. The van der Waals surface area contributed by atoms with Gasteiger partial charge in [-0.3, -0.25) is 4.79 Å². The second-order valence-electron chi connectivity index (χ2n) is 8.93. The number of carbonyl (C=O) groups excluding carboxylic acids is 1. The molecule has 0 saturated carbocycles. The number of amides is 1. The molecular formula is C23H53NO10Si3. The average molecular weight is 588 g/mol. The summed E-state index contributed by atoms with van der Waals surface area (Å²) < 4.78 is 50.9. The van der Waals surface area contributed by atoms with Gasteiger partial charge in [-0.15, -0.1) is 0 Å². The second-order valence-corrected chi connectivity index (χ2v) is 18.2. The van der Waals surface area contributed by atoms with Crippen molar-refractivity contribution in [3.8, 4) is 0 Å². The Morgan fingerprint density at radius 2 is 0.811 bits per heavy atom. The van der Waals surface area contributed by atoms with Gasteiger partial charge in [0.1, 0.15) is 0 Å². The maximum absolute atomic E-state index is 12.9. The van der Waals surface area contributed by atoms with E-state index in [1.54, 1.807) is 70.9 Å². The fourth-order valence-electron chi connectivity index (χ4n) is 5.24. The normalized spacial score (nSPS) is 13.3. The molecule has 1 amide bonds. The van der Waals surface area contributed by atoms with Crippen LogP contribution in [0.2, 0.25) is 18.1 Å². The number of rotatable bonds is 23. The Labute approximate surface area is 228 Å². The van der Waals surface area contributed by atoms with Crippen molar-refractivity contribution in [2.75, 3.05) is 70.5 Å². The van der Waals surface area contributed by atoms with E-state index >= 15 is 0 Å². The lowest BCUT2D eigenvalue weighted by Crippen LogP contribution is -2.52. The van der Waals surface area contributed by atoms with Crippen LogP contribution in [-0.2, 0) is 44.6 Å². The first-order valence-electron chi connectivity index (χ1n) is 12.8. The van der Waals surface area contributed by atoms with Gasteiger partial charge in [0.15, 0.2) is 0 Å². The number of carbonyl (C=O) groups is 1. The van der Waals surface area contributed by atoms with Crippen molar-refractivity contribution in [2.24, 2.45) is 0 Å². The van der Waals surface area contributed by atoms with Crippen LogP contribution in [0, 0.1) is 0 Å². The third-order valence-corrected chi connectivity index (χ3v) is 15.9. The minimum absolute atomic E-state index is 0.0405. The maximum atomic E-state index is 12.9. The summed E-state index contributed by atoms with van der Waals surface area (Å²) in [6.07, 6.45) is 4.59. The summed E-state index contributed by atoms with van der Waals surface area (Å²) in [6, 6.07) is 1.94. The van der Waals surface area contributed by atoms with Crippen LogP contribution in [0.15, 0.2) is 0 Å². The van der Waals surface area contributed by atoms with Gasteiger partial charge in [0.25, 0.3) is 0 Å². The van der Waals surface area contributed by atoms with Gasteiger partial charge in [-0.25, -0.2) is 0 Å². The summed E-state index contributed by atoms with van der Waals surface area (Å²) in [4.78, 5) is 14.9. The monoisotopic (exact) mass is 587 g/mol. The van der Waals surface area contributed by atoms with E-state index in [4.69, 9.17) is 39.8 Å². The van der Waals surface area contributed by atoms with Crippen LogP contribution >= 0.6 is 0 Å². The third kappa shape index (κ3) is 10.3. The minimum atomic E-state index is -2.76. The zero-order valence-corrected chi connectivity index (χ0v) is 28.1. The molecule has 0 aliphatic carbocycles. The van der Waals surface area contributed by atoms with E-state index in [1.807, 2.05) is 11.8 Å². The summed E-state index contributed by atoms with van der Waals surface area (Å²) in [6.45, 7) is 4.25. The van der Waals surface area contributed by atoms with Crippen LogP contribution in [0.3, 0.4) is 0 Å². The molecule has 37 heavy (non-hydrogen) atoms. The van der Waals surface area contributed by atoms with Gasteiger partial charge in [-0.05, 0) is 45.4 Å². The molecule has 0 fully saturated rings. The molecule has 0 spiro atoms. The Morgan fingerprint density at radius 3 is 0.973 bits per heavy atom. The second kappa shape index (κ2) is 18.2. The highest BCUT2D eigenvalue weighted by Gasteiger charge is 2.44. The van der Waals surface area contributed by atoms with Gasteiger partial charge in [-0.1, -0.05) is 0 Å². The lowest BCUT2D eigenvalue weighted by Gasteiger charge is -2.45. The van der Waals surface area contributed by atoms with Crippen LogP contribution in [0.5, 0.6) is 0 Å². The standard InChI is InChI=1S/C23H53NO10Si3/c1-12-24(22(2)25)23(16-13-19-35(26-3,27-4)28-5,17-14-20-36(29-6,30-7)31-8)18-15-21-37(32-9,33-10)34-11/h12-21H2,1-11H3. The van der Waals surface area contributed by atoms with Crippen molar-refractivity contribution in [2.45, 2.75) is 76.0 Å². The maximum Gasteiger partial charge on any atom is 0.500 e. The summed E-state index contributed by atoms with van der Waals surface area (Å²) in [5, 5.41) is 0. The van der Waals surface area contributed by atoms with E-state index in [2.05, 4.69) is 0 Å². The van der Waals surface area contributed by atoms with Crippen molar-refractivity contribution < 1.29 is 44.6 Å². The Hall–Kier alpha value is -0.239. The fraction of sp³-hybridized carbons (Fsp3) is 0.957. The van der Waals surface area contributed by atoms with Crippen molar-refractivity contribution in [1.82, 2.24) is 4.90 Å². The van der Waals surface area contributed by atoms with Crippen molar-refractivity contribution >= 4 is 32.3 Å². The SMILES string of the molecule is CCN(C(C)=O)C(CCC[Si](OC)(OC)OC)(CCC[Si](OC)(OC)OC)CCC[Si](OC)(OC)OC. The highest BCUT2D eigenvalue weighted by Crippen LogP contribution is 2.37. The molecule has 0 atom stereocenters. The van der Waals surface area contributed by atoms with Crippen LogP contribution in [0.25, 0.3) is 0 Å². The molecule has 0 aromatic carbocycles. The molecule has 0 aromatic rings. The lowest BCUT2D eigenvalue weighted by atomic mass is 9.82. The van der Waals surface area contributed by atoms with Gasteiger partial charge in [0.2, 0.25) is 5.91 Å². The first kappa shape index (κ1) is 36.8. The Morgan fingerprint density at radius 1 is 0.568 bits per heavy atom. The summed E-state index contributed by atoms with van der Waals surface area (Å²) >= 11 is 0. The molecular weight excluding hydrogens is 535 g/mol. The van der Waals surface area contributed by atoms with E-state index in [-0.39, 0.29) is 5.91 Å². The van der Waals surface area contributed by atoms with Gasteiger partial charge < -0.3 is 44.7 Å². The number of hydrogen-bond acceptors (Lipinski definition) is 10. The molecule has 0 bridgehead atoms. The number of hydrogen-bond donors (Lipinski definition) is 0. The third-order valence-electron chi connectivity index (χ3n) is 7.44. The predicted octanol–water partition coefficient (Wildman–Crippen LogP) is 3.57. The predicted molar refractivity (Wildman–Crippen MR) is 148 cm³/mol.